The van der Waals surface area contributed by atoms with Crippen LogP contribution in [0.2, 0.25) is 0 Å². The number of anilines is 2. The van der Waals surface area contributed by atoms with E-state index in [1.54, 1.807) is 0 Å². The predicted molar refractivity (Wildman–Crippen MR) is 76.7 cm³/mol. The molecule has 0 radical (unpaired) electrons. The van der Waals surface area contributed by atoms with Crippen molar-refractivity contribution < 1.29 is 0 Å². The molecule has 2 rings (SSSR count). The van der Waals surface area contributed by atoms with Gasteiger partial charge >= 0.3 is 0 Å². The van der Waals surface area contributed by atoms with Gasteiger partial charge in [0.2, 0.25) is 0 Å². The summed E-state index contributed by atoms with van der Waals surface area (Å²) in [5.41, 5.74) is 8.27. The van der Waals surface area contributed by atoms with E-state index in [9.17, 15) is 0 Å². The van der Waals surface area contributed by atoms with Crippen LogP contribution in [0.1, 0.15) is 58.1 Å². The van der Waals surface area contributed by atoms with Crippen LogP contribution in [-0.2, 0) is 13.5 Å². The highest BCUT2D eigenvalue weighted by atomic mass is 15.3. The Labute approximate surface area is 110 Å². The first-order valence-electron chi connectivity index (χ1n) is 7.15. The Hall–Kier alpha value is -1.19. The lowest BCUT2D eigenvalue weighted by Gasteiger charge is -2.35. The molecule has 4 heteroatoms. The van der Waals surface area contributed by atoms with Gasteiger partial charge in [0, 0.05) is 12.6 Å². The van der Waals surface area contributed by atoms with Crippen molar-refractivity contribution in [1.82, 2.24) is 9.78 Å². The van der Waals surface area contributed by atoms with Crippen LogP contribution in [0.4, 0.5) is 11.5 Å². The summed E-state index contributed by atoms with van der Waals surface area (Å²) in [4.78, 5) is 0. The molecule has 0 saturated heterocycles. The first kappa shape index (κ1) is 13.2. The molecule has 1 aromatic heterocycles. The average molecular weight is 250 g/mol. The molecule has 0 bridgehead atoms. The van der Waals surface area contributed by atoms with Crippen LogP contribution in [0.25, 0.3) is 0 Å². The molecule has 3 N–H and O–H groups in total. The van der Waals surface area contributed by atoms with Crippen LogP contribution in [0.15, 0.2) is 0 Å². The van der Waals surface area contributed by atoms with Crippen molar-refractivity contribution in [2.75, 3.05) is 11.1 Å². The van der Waals surface area contributed by atoms with Gasteiger partial charge in [-0.2, -0.15) is 5.10 Å². The third-order valence-corrected chi connectivity index (χ3v) is 4.02. The molecule has 0 unspecified atom stereocenters. The second-order valence-corrected chi connectivity index (χ2v) is 5.83. The SMILES string of the molecule is CCCc1nn(C)c(NC2(C)CCCCC2)c1N. The third kappa shape index (κ3) is 2.62. The zero-order valence-corrected chi connectivity index (χ0v) is 11.9. The fourth-order valence-corrected chi connectivity index (χ4v) is 2.91. The van der Waals surface area contributed by atoms with E-state index in [-0.39, 0.29) is 5.54 Å². The first-order valence-corrected chi connectivity index (χ1v) is 7.15. The fourth-order valence-electron chi connectivity index (χ4n) is 2.91. The Morgan fingerprint density at radius 2 is 2.00 bits per heavy atom. The molecule has 0 aliphatic heterocycles. The number of nitrogens with one attached hydrogen (secondary N) is 1. The van der Waals surface area contributed by atoms with E-state index in [1.165, 1.54) is 32.1 Å². The second-order valence-electron chi connectivity index (χ2n) is 5.83. The van der Waals surface area contributed by atoms with Gasteiger partial charge in [-0.25, -0.2) is 0 Å². The number of hydrogen-bond donors (Lipinski definition) is 2. The smallest absolute Gasteiger partial charge is 0.148 e. The van der Waals surface area contributed by atoms with E-state index in [4.69, 9.17) is 5.73 Å². The van der Waals surface area contributed by atoms with Crippen LogP contribution < -0.4 is 11.1 Å². The molecule has 1 fully saturated rings. The maximum Gasteiger partial charge on any atom is 0.148 e. The minimum atomic E-state index is 0.184. The van der Waals surface area contributed by atoms with Gasteiger partial charge in [0.25, 0.3) is 0 Å². The van der Waals surface area contributed by atoms with Gasteiger partial charge in [-0.15, -0.1) is 0 Å². The van der Waals surface area contributed by atoms with Crippen molar-refractivity contribution in [3.63, 3.8) is 0 Å². The lowest BCUT2D eigenvalue weighted by molar-refractivity contribution is 0.347. The Bertz CT molecular complexity index is 402. The summed E-state index contributed by atoms with van der Waals surface area (Å²) in [5, 5.41) is 8.17. The monoisotopic (exact) mass is 250 g/mol. The Kier molecular flexibility index (Phi) is 3.83. The normalized spacial score (nSPS) is 18.8. The van der Waals surface area contributed by atoms with Crippen LogP contribution in [0.5, 0.6) is 0 Å². The predicted octanol–water partition coefficient (Wildman–Crippen LogP) is 3.09. The highest BCUT2D eigenvalue weighted by Gasteiger charge is 2.28. The summed E-state index contributed by atoms with van der Waals surface area (Å²) in [6.07, 6.45) is 8.46. The number of nitrogens with two attached hydrogens (primary N) is 1. The van der Waals surface area contributed by atoms with Crippen molar-refractivity contribution in [2.45, 2.75) is 64.3 Å². The maximum atomic E-state index is 6.22. The van der Waals surface area contributed by atoms with Gasteiger partial charge in [0.05, 0.1) is 11.4 Å². The van der Waals surface area contributed by atoms with Gasteiger partial charge in [0.15, 0.2) is 0 Å². The molecule has 18 heavy (non-hydrogen) atoms. The third-order valence-electron chi connectivity index (χ3n) is 4.02. The number of nitrogens with zero attached hydrogens (tertiary/aromatic N) is 2. The Balaban J connectivity index is 2.17. The summed E-state index contributed by atoms with van der Waals surface area (Å²) in [6, 6.07) is 0. The second kappa shape index (κ2) is 5.21. The molecule has 0 atom stereocenters. The summed E-state index contributed by atoms with van der Waals surface area (Å²) in [6.45, 7) is 4.46. The number of aryl methyl sites for hydroxylation is 2. The minimum Gasteiger partial charge on any atom is -0.394 e. The molecule has 1 aliphatic carbocycles. The standard InChI is InChI=1S/C14H26N4/c1-4-8-11-12(15)13(18(3)17-11)16-14(2)9-6-5-7-10-14/h16H,4-10,15H2,1-3H3. The molecule has 0 aromatic carbocycles. The van der Waals surface area contributed by atoms with E-state index in [0.29, 0.717) is 0 Å². The van der Waals surface area contributed by atoms with E-state index in [2.05, 4.69) is 24.3 Å². The summed E-state index contributed by atoms with van der Waals surface area (Å²) < 4.78 is 1.90. The number of aromatic nitrogens is 2. The number of rotatable bonds is 4. The fraction of sp³-hybridized carbons (Fsp3) is 0.786. The zero-order valence-electron chi connectivity index (χ0n) is 11.9. The molecule has 0 amide bonds. The van der Waals surface area contributed by atoms with E-state index >= 15 is 0 Å². The number of nitrogen functional groups attached to an aromatic ring is 1. The molecule has 1 aromatic rings. The van der Waals surface area contributed by atoms with Gasteiger partial charge in [-0.05, 0) is 26.2 Å². The molecule has 4 nitrogen and oxygen atoms in total. The van der Waals surface area contributed by atoms with Crippen LogP contribution in [0.3, 0.4) is 0 Å². The van der Waals surface area contributed by atoms with Crippen LogP contribution in [-0.4, -0.2) is 15.3 Å². The quantitative estimate of drug-likeness (QED) is 0.863. The summed E-state index contributed by atoms with van der Waals surface area (Å²) >= 11 is 0. The molecule has 1 aliphatic rings. The zero-order chi connectivity index (χ0) is 13.2. The van der Waals surface area contributed by atoms with Gasteiger partial charge in [-0.3, -0.25) is 4.68 Å². The van der Waals surface area contributed by atoms with Crippen molar-refractivity contribution in [1.29, 1.82) is 0 Å². The largest absolute Gasteiger partial charge is 0.394 e. The van der Waals surface area contributed by atoms with E-state index in [0.717, 1.165) is 30.0 Å². The van der Waals surface area contributed by atoms with Gasteiger partial charge in [0.1, 0.15) is 5.82 Å². The lowest BCUT2D eigenvalue weighted by Crippen LogP contribution is -2.37. The molecule has 1 saturated carbocycles. The van der Waals surface area contributed by atoms with Crippen molar-refractivity contribution in [3.05, 3.63) is 5.69 Å². The van der Waals surface area contributed by atoms with E-state index in [1.807, 2.05) is 11.7 Å². The van der Waals surface area contributed by atoms with E-state index < -0.39 is 0 Å². The van der Waals surface area contributed by atoms with Crippen molar-refractivity contribution >= 4 is 11.5 Å². The molecule has 102 valence electrons. The van der Waals surface area contributed by atoms with Crippen LogP contribution >= 0.6 is 0 Å². The average Bonchev–Trinajstić information content (AvgIpc) is 2.58. The Morgan fingerprint density at radius 3 is 2.61 bits per heavy atom. The highest BCUT2D eigenvalue weighted by molar-refractivity contribution is 5.66. The minimum absolute atomic E-state index is 0.184. The number of hydrogen-bond acceptors (Lipinski definition) is 3. The lowest BCUT2D eigenvalue weighted by atomic mass is 9.83. The maximum absolute atomic E-state index is 6.22. The molecule has 0 spiro atoms. The summed E-state index contributed by atoms with van der Waals surface area (Å²) in [5.74, 6) is 1.00. The molecule has 1 heterocycles. The van der Waals surface area contributed by atoms with Crippen molar-refractivity contribution in [2.24, 2.45) is 7.05 Å². The van der Waals surface area contributed by atoms with Gasteiger partial charge in [-0.1, -0.05) is 32.6 Å². The topological polar surface area (TPSA) is 55.9 Å². The highest BCUT2D eigenvalue weighted by Crippen LogP contribution is 2.33. The summed E-state index contributed by atoms with van der Waals surface area (Å²) in [7, 11) is 1.98. The molecular formula is C14H26N4. The van der Waals surface area contributed by atoms with Crippen LogP contribution in [0, 0.1) is 0 Å². The first-order chi connectivity index (χ1) is 8.56. The molecular weight excluding hydrogens is 224 g/mol. The Morgan fingerprint density at radius 1 is 1.33 bits per heavy atom. The van der Waals surface area contributed by atoms with Gasteiger partial charge < -0.3 is 11.1 Å². The van der Waals surface area contributed by atoms with Crippen molar-refractivity contribution in [3.8, 4) is 0 Å².